The van der Waals surface area contributed by atoms with Crippen molar-refractivity contribution in [2.45, 2.75) is 37.9 Å². The van der Waals surface area contributed by atoms with E-state index >= 15 is 0 Å². The Labute approximate surface area is 178 Å². The van der Waals surface area contributed by atoms with Crippen LogP contribution in [0.5, 0.6) is 0 Å². The summed E-state index contributed by atoms with van der Waals surface area (Å²) in [5.74, 6) is -0.746. The lowest BCUT2D eigenvalue weighted by molar-refractivity contribution is -0.127. The lowest BCUT2D eigenvalue weighted by Gasteiger charge is -2.24. The number of fused-ring (bicyclic) bond motifs is 2. The van der Waals surface area contributed by atoms with Gasteiger partial charge >= 0.3 is 0 Å². The third-order valence-corrected chi connectivity index (χ3v) is 6.78. The number of amides is 3. The quantitative estimate of drug-likeness (QED) is 0.758. The van der Waals surface area contributed by atoms with E-state index in [0.717, 1.165) is 38.0 Å². The second-order valence-corrected chi connectivity index (χ2v) is 9.16. The fourth-order valence-corrected chi connectivity index (χ4v) is 5.24. The van der Waals surface area contributed by atoms with Crippen molar-refractivity contribution in [3.8, 4) is 0 Å². The first-order valence-electron chi connectivity index (χ1n) is 10.2. The van der Waals surface area contributed by atoms with Gasteiger partial charge in [0.05, 0.1) is 12.2 Å². The zero-order valence-corrected chi connectivity index (χ0v) is 17.5. The maximum absolute atomic E-state index is 12.9. The predicted octanol–water partition coefficient (Wildman–Crippen LogP) is 1.55. The van der Waals surface area contributed by atoms with E-state index in [2.05, 4.69) is 27.6 Å². The lowest BCUT2D eigenvalue weighted by Crippen LogP contribution is -2.42. The highest BCUT2D eigenvalue weighted by molar-refractivity contribution is 7.15. The summed E-state index contributed by atoms with van der Waals surface area (Å²) in [5, 5.41) is 6.07. The minimum atomic E-state index is -0.670. The second kappa shape index (κ2) is 7.48. The molecule has 8 nitrogen and oxygen atoms in total. The van der Waals surface area contributed by atoms with Gasteiger partial charge in [0.2, 0.25) is 11.8 Å². The zero-order valence-electron chi connectivity index (χ0n) is 16.7. The van der Waals surface area contributed by atoms with Gasteiger partial charge in [-0.1, -0.05) is 18.2 Å². The average Bonchev–Trinajstić information content (AvgIpc) is 3.42. The molecule has 0 saturated heterocycles. The molecule has 9 heteroatoms. The number of hydrogen-bond acceptors (Lipinski definition) is 6. The van der Waals surface area contributed by atoms with Gasteiger partial charge in [0, 0.05) is 36.0 Å². The number of thiazole rings is 1. The van der Waals surface area contributed by atoms with Gasteiger partial charge in [-0.25, -0.2) is 4.98 Å². The molecule has 1 atom stereocenters. The molecule has 1 unspecified atom stereocenters. The molecular formula is C21H23N5O3S. The number of hydrogen-bond donors (Lipinski definition) is 2. The molecule has 3 heterocycles. The number of rotatable bonds is 5. The molecule has 5 rings (SSSR count). The van der Waals surface area contributed by atoms with Crippen LogP contribution in [-0.4, -0.2) is 58.7 Å². The van der Waals surface area contributed by atoms with Gasteiger partial charge in [0.1, 0.15) is 6.04 Å². The van der Waals surface area contributed by atoms with Crippen molar-refractivity contribution in [1.82, 2.24) is 20.1 Å². The van der Waals surface area contributed by atoms with Gasteiger partial charge in [-0.2, -0.15) is 0 Å². The summed E-state index contributed by atoms with van der Waals surface area (Å²) in [6, 6.07) is 6.65. The lowest BCUT2D eigenvalue weighted by atomic mass is 10.0. The fraction of sp³-hybridized carbons (Fsp3) is 0.429. The van der Waals surface area contributed by atoms with Crippen molar-refractivity contribution >= 4 is 34.2 Å². The second-order valence-electron chi connectivity index (χ2n) is 8.08. The molecule has 1 aromatic carbocycles. The van der Waals surface area contributed by atoms with Crippen LogP contribution >= 0.6 is 11.3 Å². The van der Waals surface area contributed by atoms with Gasteiger partial charge in [-0.05, 0) is 31.5 Å². The van der Waals surface area contributed by atoms with Crippen molar-refractivity contribution in [2.24, 2.45) is 0 Å². The average molecular weight is 426 g/mol. The maximum Gasteiger partial charge on any atom is 0.255 e. The molecule has 3 amide bonds. The SMILES string of the molecule is CN1CCc2nc(NC(=O)CNC(=O)C3c4ccccc4C(=O)N3C3CC3)sc2C1. The molecular weight excluding hydrogens is 402 g/mol. The fourth-order valence-electron chi connectivity index (χ4n) is 4.14. The first-order valence-corrected chi connectivity index (χ1v) is 11.0. The molecule has 3 aliphatic rings. The summed E-state index contributed by atoms with van der Waals surface area (Å²) in [6.07, 6.45) is 2.70. The van der Waals surface area contributed by atoms with E-state index < -0.39 is 6.04 Å². The van der Waals surface area contributed by atoms with Gasteiger partial charge in [-0.15, -0.1) is 11.3 Å². The van der Waals surface area contributed by atoms with Crippen LogP contribution in [0.3, 0.4) is 0 Å². The number of anilines is 1. The molecule has 156 valence electrons. The van der Waals surface area contributed by atoms with E-state index in [4.69, 9.17) is 0 Å². The first-order chi connectivity index (χ1) is 14.5. The van der Waals surface area contributed by atoms with Crippen LogP contribution in [0.1, 0.15) is 45.4 Å². The van der Waals surface area contributed by atoms with Gasteiger partial charge in [-0.3, -0.25) is 14.4 Å². The topological polar surface area (TPSA) is 94.6 Å². The minimum Gasteiger partial charge on any atom is -0.345 e. The van der Waals surface area contributed by atoms with Crippen LogP contribution in [0.4, 0.5) is 5.13 Å². The van der Waals surface area contributed by atoms with Crippen LogP contribution in [0.15, 0.2) is 24.3 Å². The standard InChI is InChI=1S/C21H23N5O3S/c1-25-9-8-15-16(11-25)30-21(23-15)24-17(27)10-22-19(28)18-13-4-2-3-5-14(13)20(29)26(18)12-6-7-12/h2-5,12,18H,6-11H2,1H3,(H,22,28)(H,23,24,27). The molecule has 30 heavy (non-hydrogen) atoms. The molecule has 1 aromatic heterocycles. The van der Waals surface area contributed by atoms with Gasteiger partial charge < -0.3 is 20.4 Å². The highest BCUT2D eigenvalue weighted by Gasteiger charge is 2.47. The molecule has 2 N–H and O–H groups in total. The Kier molecular flexibility index (Phi) is 4.79. The number of carbonyl (C=O) groups is 3. The van der Waals surface area contributed by atoms with Crippen molar-refractivity contribution < 1.29 is 14.4 Å². The molecule has 1 saturated carbocycles. The summed E-state index contributed by atoms with van der Waals surface area (Å²) >= 11 is 1.48. The summed E-state index contributed by atoms with van der Waals surface area (Å²) in [6.45, 7) is 1.64. The number of aromatic nitrogens is 1. The Balaban J connectivity index is 1.23. The number of nitrogens with zero attached hydrogens (tertiary/aromatic N) is 3. The molecule has 0 radical (unpaired) electrons. The number of likely N-dealkylation sites (N-methyl/N-ethyl adjacent to an activating group) is 1. The van der Waals surface area contributed by atoms with Gasteiger partial charge in [0.15, 0.2) is 5.13 Å². The van der Waals surface area contributed by atoms with Crippen LogP contribution < -0.4 is 10.6 Å². The zero-order chi connectivity index (χ0) is 20.8. The van der Waals surface area contributed by atoms with Crippen molar-refractivity contribution in [3.05, 3.63) is 46.0 Å². The molecule has 0 bridgehead atoms. The van der Waals surface area contributed by atoms with E-state index in [-0.39, 0.29) is 30.3 Å². The monoisotopic (exact) mass is 425 g/mol. The number of carbonyl (C=O) groups excluding carboxylic acids is 3. The Morgan fingerprint density at radius 3 is 2.87 bits per heavy atom. The Bertz CT molecular complexity index is 1030. The molecule has 1 fully saturated rings. The van der Waals surface area contributed by atoms with E-state index in [0.29, 0.717) is 16.3 Å². The van der Waals surface area contributed by atoms with E-state index in [1.807, 2.05) is 12.1 Å². The third kappa shape index (κ3) is 3.48. The smallest absolute Gasteiger partial charge is 0.255 e. The summed E-state index contributed by atoms with van der Waals surface area (Å²) in [5.41, 5.74) is 2.33. The number of benzene rings is 1. The largest absolute Gasteiger partial charge is 0.345 e. The molecule has 0 spiro atoms. The normalized spacial score (nSPS) is 20.6. The van der Waals surface area contributed by atoms with Crippen molar-refractivity contribution in [2.75, 3.05) is 25.5 Å². The summed E-state index contributed by atoms with van der Waals surface area (Å²) < 4.78 is 0. The van der Waals surface area contributed by atoms with E-state index in [9.17, 15) is 14.4 Å². The number of nitrogens with one attached hydrogen (secondary N) is 2. The van der Waals surface area contributed by atoms with Crippen LogP contribution in [0.25, 0.3) is 0 Å². The highest BCUT2D eigenvalue weighted by Crippen LogP contribution is 2.41. The molecule has 2 aliphatic heterocycles. The molecule has 2 aromatic rings. The van der Waals surface area contributed by atoms with Crippen LogP contribution in [0.2, 0.25) is 0 Å². The minimum absolute atomic E-state index is 0.101. The Morgan fingerprint density at radius 2 is 2.07 bits per heavy atom. The third-order valence-electron chi connectivity index (χ3n) is 5.78. The van der Waals surface area contributed by atoms with E-state index in [1.165, 1.54) is 16.2 Å². The Hall–Kier alpha value is -2.78. The van der Waals surface area contributed by atoms with Crippen LogP contribution in [0, 0.1) is 0 Å². The van der Waals surface area contributed by atoms with E-state index in [1.54, 1.807) is 17.0 Å². The highest BCUT2D eigenvalue weighted by atomic mass is 32.1. The maximum atomic E-state index is 12.9. The predicted molar refractivity (Wildman–Crippen MR) is 112 cm³/mol. The Morgan fingerprint density at radius 1 is 1.27 bits per heavy atom. The van der Waals surface area contributed by atoms with Crippen molar-refractivity contribution in [3.63, 3.8) is 0 Å². The van der Waals surface area contributed by atoms with Crippen molar-refractivity contribution in [1.29, 1.82) is 0 Å². The summed E-state index contributed by atoms with van der Waals surface area (Å²) in [7, 11) is 2.06. The summed E-state index contributed by atoms with van der Waals surface area (Å²) in [4.78, 5) is 47.7. The van der Waals surface area contributed by atoms with Crippen LogP contribution in [-0.2, 0) is 22.6 Å². The molecule has 1 aliphatic carbocycles. The van der Waals surface area contributed by atoms with Gasteiger partial charge in [0.25, 0.3) is 5.91 Å². The first kappa shape index (κ1) is 19.2.